The predicted molar refractivity (Wildman–Crippen MR) is 57.3 cm³/mol. The van der Waals surface area contributed by atoms with Crippen LogP contribution in [0.4, 0.5) is 0 Å². The minimum absolute atomic E-state index is 0.537. The second kappa shape index (κ2) is 7.76. The number of nitrogens with zero attached hydrogens (tertiary/aromatic N) is 1. The molecule has 14 heavy (non-hydrogen) atoms. The first-order chi connectivity index (χ1) is 6.61. The Morgan fingerprint density at radius 1 is 1.29 bits per heavy atom. The first-order valence-corrected chi connectivity index (χ1v) is 5.32. The lowest BCUT2D eigenvalue weighted by Gasteiger charge is -2.21. The molecule has 0 aliphatic carbocycles. The SMILES string of the molecule is CCCN(CCC)CCC(N)C(=O)O. The maximum absolute atomic E-state index is 10.5. The molecule has 3 N–H and O–H groups in total. The first kappa shape index (κ1) is 13.4. The van der Waals surface area contributed by atoms with Gasteiger partial charge in [-0.1, -0.05) is 13.8 Å². The number of hydrogen-bond acceptors (Lipinski definition) is 3. The molecular formula is C10H22N2O2. The zero-order chi connectivity index (χ0) is 11.0. The molecule has 0 aliphatic heterocycles. The third-order valence-electron chi connectivity index (χ3n) is 2.15. The molecule has 1 unspecified atom stereocenters. The van der Waals surface area contributed by atoms with E-state index < -0.39 is 12.0 Å². The highest BCUT2D eigenvalue weighted by Crippen LogP contribution is 1.98. The van der Waals surface area contributed by atoms with Gasteiger partial charge in [0.2, 0.25) is 0 Å². The molecule has 0 aliphatic rings. The van der Waals surface area contributed by atoms with Gasteiger partial charge in [-0.2, -0.15) is 0 Å². The van der Waals surface area contributed by atoms with Crippen LogP contribution in [0.5, 0.6) is 0 Å². The minimum atomic E-state index is -0.905. The number of carboxylic acids is 1. The molecule has 0 aromatic heterocycles. The van der Waals surface area contributed by atoms with E-state index in [4.69, 9.17) is 10.8 Å². The summed E-state index contributed by atoms with van der Waals surface area (Å²) < 4.78 is 0. The lowest BCUT2D eigenvalue weighted by molar-refractivity contribution is -0.138. The van der Waals surface area contributed by atoms with Crippen LogP contribution in [0, 0.1) is 0 Å². The molecule has 84 valence electrons. The van der Waals surface area contributed by atoms with Crippen molar-refractivity contribution >= 4 is 5.97 Å². The zero-order valence-corrected chi connectivity index (χ0v) is 9.20. The second-order valence-corrected chi connectivity index (χ2v) is 3.58. The van der Waals surface area contributed by atoms with E-state index in [0.717, 1.165) is 32.5 Å². The van der Waals surface area contributed by atoms with Crippen LogP contribution in [-0.4, -0.2) is 41.7 Å². The molecule has 4 heteroatoms. The largest absolute Gasteiger partial charge is 0.480 e. The van der Waals surface area contributed by atoms with Crippen molar-refractivity contribution in [3.63, 3.8) is 0 Å². The van der Waals surface area contributed by atoms with Gasteiger partial charge in [-0.3, -0.25) is 4.79 Å². The van der Waals surface area contributed by atoms with Gasteiger partial charge in [-0.15, -0.1) is 0 Å². The van der Waals surface area contributed by atoms with Gasteiger partial charge in [0, 0.05) is 6.54 Å². The molecule has 0 saturated carbocycles. The highest BCUT2D eigenvalue weighted by atomic mass is 16.4. The van der Waals surface area contributed by atoms with Gasteiger partial charge in [-0.05, 0) is 32.4 Å². The van der Waals surface area contributed by atoms with Crippen molar-refractivity contribution in [1.29, 1.82) is 0 Å². The monoisotopic (exact) mass is 202 g/mol. The first-order valence-electron chi connectivity index (χ1n) is 5.32. The molecule has 0 heterocycles. The Balaban J connectivity index is 3.74. The standard InChI is InChI=1S/C10H22N2O2/c1-3-6-12(7-4-2)8-5-9(11)10(13)14/h9H,3-8,11H2,1-2H3,(H,13,14). The molecule has 0 saturated heterocycles. The van der Waals surface area contributed by atoms with Gasteiger partial charge < -0.3 is 15.7 Å². The topological polar surface area (TPSA) is 66.6 Å². The molecule has 1 atom stereocenters. The van der Waals surface area contributed by atoms with Gasteiger partial charge in [0.05, 0.1) is 0 Å². The van der Waals surface area contributed by atoms with E-state index >= 15 is 0 Å². The van der Waals surface area contributed by atoms with Crippen LogP contribution in [0.2, 0.25) is 0 Å². The maximum atomic E-state index is 10.5. The van der Waals surface area contributed by atoms with Gasteiger partial charge >= 0.3 is 5.97 Å². The van der Waals surface area contributed by atoms with Crippen molar-refractivity contribution in [2.24, 2.45) is 5.73 Å². The normalized spacial score (nSPS) is 13.1. The van der Waals surface area contributed by atoms with Crippen LogP contribution in [0.15, 0.2) is 0 Å². The fourth-order valence-corrected chi connectivity index (χ4v) is 1.41. The molecule has 0 aromatic carbocycles. The molecule has 0 radical (unpaired) electrons. The number of nitrogens with two attached hydrogens (primary N) is 1. The number of carboxylic acid groups (broad SMARTS) is 1. The van der Waals surface area contributed by atoms with Crippen molar-refractivity contribution in [2.45, 2.75) is 39.2 Å². The molecule has 0 fully saturated rings. The summed E-state index contributed by atoms with van der Waals surface area (Å²) in [5.41, 5.74) is 5.43. The predicted octanol–water partition coefficient (Wildman–Crippen LogP) is 0.910. The van der Waals surface area contributed by atoms with E-state index in [1.165, 1.54) is 0 Å². The summed E-state index contributed by atoms with van der Waals surface area (Å²) in [6.07, 6.45) is 2.74. The summed E-state index contributed by atoms with van der Waals surface area (Å²) in [6, 6.07) is -0.716. The zero-order valence-electron chi connectivity index (χ0n) is 9.20. The van der Waals surface area contributed by atoms with Crippen LogP contribution in [0.1, 0.15) is 33.1 Å². The summed E-state index contributed by atoms with van der Waals surface area (Å²) in [4.78, 5) is 12.8. The molecule has 0 rings (SSSR count). The van der Waals surface area contributed by atoms with Crippen LogP contribution in [0.3, 0.4) is 0 Å². The number of aliphatic carboxylic acids is 1. The minimum Gasteiger partial charge on any atom is -0.480 e. The average molecular weight is 202 g/mol. The lowest BCUT2D eigenvalue weighted by atomic mass is 10.2. The number of rotatable bonds is 8. The molecule has 0 amide bonds. The molecule has 0 spiro atoms. The summed E-state index contributed by atoms with van der Waals surface area (Å²) in [5.74, 6) is -0.905. The van der Waals surface area contributed by atoms with E-state index in [0.29, 0.717) is 6.42 Å². The highest BCUT2D eigenvalue weighted by molar-refractivity contribution is 5.72. The molecule has 4 nitrogen and oxygen atoms in total. The van der Waals surface area contributed by atoms with Crippen LogP contribution < -0.4 is 5.73 Å². The van der Waals surface area contributed by atoms with Gasteiger partial charge in [0.25, 0.3) is 0 Å². The van der Waals surface area contributed by atoms with Crippen molar-refractivity contribution in [3.05, 3.63) is 0 Å². The molecular weight excluding hydrogens is 180 g/mol. The summed E-state index contributed by atoms with van der Waals surface area (Å²) in [7, 11) is 0. The van der Waals surface area contributed by atoms with Crippen LogP contribution in [0.25, 0.3) is 0 Å². The Hall–Kier alpha value is -0.610. The average Bonchev–Trinajstić information content (AvgIpc) is 2.14. The summed E-state index contributed by atoms with van der Waals surface area (Å²) >= 11 is 0. The summed E-state index contributed by atoms with van der Waals surface area (Å²) in [5, 5.41) is 8.61. The van der Waals surface area contributed by atoms with E-state index in [2.05, 4.69) is 18.7 Å². The second-order valence-electron chi connectivity index (χ2n) is 3.58. The van der Waals surface area contributed by atoms with Gasteiger partial charge in [0.1, 0.15) is 6.04 Å². The highest BCUT2D eigenvalue weighted by Gasteiger charge is 2.12. The Bertz CT molecular complexity index is 156. The third kappa shape index (κ3) is 5.94. The Morgan fingerprint density at radius 2 is 1.79 bits per heavy atom. The molecule has 0 bridgehead atoms. The van der Waals surface area contributed by atoms with Gasteiger partial charge in [-0.25, -0.2) is 0 Å². The van der Waals surface area contributed by atoms with Crippen molar-refractivity contribution in [2.75, 3.05) is 19.6 Å². The number of carbonyl (C=O) groups is 1. The van der Waals surface area contributed by atoms with Crippen molar-refractivity contribution in [1.82, 2.24) is 4.90 Å². The van der Waals surface area contributed by atoms with E-state index in [9.17, 15) is 4.79 Å². The Morgan fingerprint density at radius 3 is 2.14 bits per heavy atom. The Kier molecular flexibility index (Phi) is 7.42. The van der Waals surface area contributed by atoms with E-state index in [1.54, 1.807) is 0 Å². The fourth-order valence-electron chi connectivity index (χ4n) is 1.41. The third-order valence-corrected chi connectivity index (χ3v) is 2.15. The van der Waals surface area contributed by atoms with Crippen molar-refractivity contribution < 1.29 is 9.90 Å². The van der Waals surface area contributed by atoms with Gasteiger partial charge in [0.15, 0.2) is 0 Å². The quantitative estimate of drug-likeness (QED) is 0.614. The smallest absolute Gasteiger partial charge is 0.320 e. The Labute approximate surface area is 86.1 Å². The van der Waals surface area contributed by atoms with E-state index in [1.807, 2.05) is 0 Å². The van der Waals surface area contributed by atoms with Crippen LogP contribution >= 0.6 is 0 Å². The maximum Gasteiger partial charge on any atom is 0.320 e. The fraction of sp³-hybridized carbons (Fsp3) is 0.900. The molecule has 0 aromatic rings. The van der Waals surface area contributed by atoms with Crippen molar-refractivity contribution in [3.8, 4) is 0 Å². The van der Waals surface area contributed by atoms with Crippen LogP contribution in [-0.2, 0) is 4.79 Å². The van der Waals surface area contributed by atoms with E-state index in [-0.39, 0.29) is 0 Å². The lowest BCUT2D eigenvalue weighted by Crippen LogP contribution is -2.36. The summed E-state index contributed by atoms with van der Waals surface area (Å²) in [6.45, 7) is 7.09. The number of hydrogen-bond donors (Lipinski definition) is 2.